The van der Waals surface area contributed by atoms with E-state index >= 15 is 0 Å². The van der Waals surface area contributed by atoms with Crippen molar-refractivity contribution < 1.29 is 17.6 Å². The number of carbonyl (C=O) groups excluding carboxylic acids is 1. The fraction of sp³-hybridized carbons (Fsp3) is 0.0500. The Balaban J connectivity index is 1.77. The van der Waals surface area contributed by atoms with Crippen molar-refractivity contribution in [3.05, 3.63) is 87.7 Å². The molecule has 0 aliphatic carbocycles. The third-order valence-electron chi connectivity index (χ3n) is 4.03. The summed E-state index contributed by atoms with van der Waals surface area (Å²) >= 11 is 11.9. The summed E-state index contributed by atoms with van der Waals surface area (Å²) in [7, 11) is -4.01. The van der Waals surface area contributed by atoms with Crippen LogP contribution < -0.4 is 10.0 Å². The minimum Gasteiger partial charge on any atom is -0.322 e. The molecule has 2 N–H and O–H groups in total. The number of carbonyl (C=O) groups is 1. The normalized spacial score (nSPS) is 11.2. The van der Waals surface area contributed by atoms with Gasteiger partial charge in [0.05, 0.1) is 10.0 Å². The van der Waals surface area contributed by atoms with Crippen molar-refractivity contribution >= 4 is 50.5 Å². The van der Waals surface area contributed by atoms with E-state index in [1.807, 2.05) is 0 Å². The third-order valence-corrected chi connectivity index (χ3v) is 6.36. The summed E-state index contributed by atoms with van der Waals surface area (Å²) in [6, 6.07) is 14.3. The molecule has 9 heteroatoms. The Morgan fingerprint density at radius 1 is 0.931 bits per heavy atom. The lowest BCUT2D eigenvalue weighted by molar-refractivity contribution is 0.102. The van der Waals surface area contributed by atoms with Gasteiger partial charge in [-0.3, -0.25) is 9.52 Å². The van der Waals surface area contributed by atoms with Crippen LogP contribution in [0.4, 0.5) is 15.8 Å². The van der Waals surface area contributed by atoms with Gasteiger partial charge in [0.2, 0.25) is 0 Å². The number of aryl methyl sites for hydroxylation is 1. The molecule has 3 aromatic rings. The average molecular weight is 453 g/mol. The monoisotopic (exact) mass is 452 g/mol. The van der Waals surface area contributed by atoms with Crippen molar-refractivity contribution in [1.82, 2.24) is 0 Å². The Bertz CT molecular complexity index is 1160. The first-order valence-corrected chi connectivity index (χ1v) is 10.6. The SMILES string of the molecule is Cc1ccc(F)cc1C(=O)Nc1ccc(NS(=O)(=O)c2c(Cl)cccc2Cl)cc1. The van der Waals surface area contributed by atoms with Crippen LogP contribution >= 0.6 is 23.2 Å². The topological polar surface area (TPSA) is 75.3 Å². The number of hydrogen-bond acceptors (Lipinski definition) is 3. The lowest BCUT2D eigenvalue weighted by Gasteiger charge is -2.12. The van der Waals surface area contributed by atoms with Crippen molar-refractivity contribution in [3.63, 3.8) is 0 Å². The maximum absolute atomic E-state index is 13.4. The molecule has 5 nitrogen and oxygen atoms in total. The highest BCUT2D eigenvalue weighted by atomic mass is 35.5. The number of nitrogens with one attached hydrogen (secondary N) is 2. The number of hydrogen-bond donors (Lipinski definition) is 2. The van der Waals surface area contributed by atoms with E-state index in [1.165, 1.54) is 48.5 Å². The van der Waals surface area contributed by atoms with Gasteiger partial charge >= 0.3 is 0 Å². The summed E-state index contributed by atoms with van der Waals surface area (Å²) in [6.45, 7) is 1.70. The van der Waals surface area contributed by atoms with Crippen molar-refractivity contribution in [2.24, 2.45) is 0 Å². The Morgan fingerprint density at radius 2 is 1.52 bits per heavy atom. The van der Waals surface area contributed by atoms with Gasteiger partial charge in [0.1, 0.15) is 10.7 Å². The van der Waals surface area contributed by atoms with Crippen LogP contribution in [0.3, 0.4) is 0 Å². The van der Waals surface area contributed by atoms with Gasteiger partial charge in [-0.15, -0.1) is 0 Å². The number of halogens is 3. The molecule has 0 spiro atoms. The van der Waals surface area contributed by atoms with E-state index < -0.39 is 21.7 Å². The summed E-state index contributed by atoms with van der Waals surface area (Å²) < 4.78 is 40.9. The molecule has 3 rings (SSSR count). The molecular weight excluding hydrogens is 438 g/mol. The van der Waals surface area contributed by atoms with Crippen molar-refractivity contribution in [2.75, 3.05) is 10.0 Å². The molecule has 0 saturated heterocycles. The summed E-state index contributed by atoms with van der Waals surface area (Å²) in [4.78, 5) is 12.1. The predicted molar refractivity (Wildman–Crippen MR) is 113 cm³/mol. The van der Waals surface area contributed by atoms with E-state index in [0.717, 1.165) is 6.07 Å². The number of benzene rings is 3. The average Bonchev–Trinajstić information content (AvgIpc) is 2.64. The molecule has 0 aromatic heterocycles. The van der Waals surface area contributed by atoms with E-state index in [0.29, 0.717) is 11.3 Å². The van der Waals surface area contributed by atoms with E-state index in [1.54, 1.807) is 13.0 Å². The van der Waals surface area contributed by atoms with Gasteiger partial charge in [-0.2, -0.15) is 0 Å². The van der Waals surface area contributed by atoms with E-state index in [2.05, 4.69) is 10.0 Å². The molecule has 0 unspecified atom stereocenters. The largest absolute Gasteiger partial charge is 0.322 e. The van der Waals surface area contributed by atoms with Crippen LogP contribution in [-0.4, -0.2) is 14.3 Å². The van der Waals surface area contributed by atoms with Crippen LogP contribution in [0.5, 0.6) is 0 Å². The molecule has 0 aliphatic rings. The molecule has 0 saturated carbocycles. The highest BCUT2D eigenvalue weighted by molar-refractivity contribution is 7.93. The molecule has 0 radical (unpaired) electrons. The van der Waals surface area contributed by atoms with Gasteiger partial charge in [0.15, 0.2) is 0 Å². The van der Waals surface area contributed by atoms with Gasteiger partial charge in [-0.25, -0.2) is 12.8 Å². The first-order chi connectivity index (χ1) is 13.7. The lowest BCUT2D eigenvalue weighted by Crippen LogP contribution is -2.15. The molecule has 0 atom stereocenters. The number of amides is 1. The first-order valence-electron chi connectivity index (χ1n) is 8.32. The van der Waals surface area contributed by atoms with Gasteiger partial charge in [-0.05, 0) is 61.0 Å². The zero-order valence-electron chi connectivity index (χ0n) is 15.0. The zero-order chi connectivity index (χ0) is 21.2. The Kier molecular flexibility index (Phi) is 6.12. The molecule has 0 bridgehead atoms. The maximum atomic E-state index is 13.4. The molecule has 150 valence electrons. The Hall–Kier alpha value is -2.61. The molecule has 1 amide bonds. The molecule has 0 heterocycles. The van der Waals surface area contributed by atoms with Crippen molar-refractivity contribution in [2.45, 2.75) is 11.8 Å². The lowest BCUT2D eigenvalue weighted by atomic mass is 10.1. The van der Waals surface area contributed by atoms with Crippen LogP contribution in [0.15, 0.2) is 65.6 Å². The second-order valence-corrected chi connectivity index (χ2v) is 8.58. The summed E-state index contributed by atoms with van der Waals surface area (Å²) in [5.41, 5.74) is 1.51. The highest BCUT2D eigenvalue weighted by Crippen LogP contribution is 2.30. The van der Waals surface area contributed by atoms with Crippen LogP contribution in [0.1, 0.15) is 15.9 Å². The van der Waals surface area contributed by atoms with Gasteiger partial charge in [0, 0.05) is 16.9 Å². The van der Waals surface area contributed by atoms with Crippen LogP contribution in [0.2, 0.25) is 10.0 Å². The van der Waals surface area contributed by atoms with Gasteiger partial charge in [-0.1, -0.05) is 35.3 Å². The second kappa shape index (κ2) is 8.41. The first kappa shape index (κ1) is 21.1. The summed E-state index contributed by atoms with van der Waals surface area (Å²) in [5.74, 6) is -0.984. The van der Waals surface area contributed by atoms with E-state index in [9.17, 15) is 17.6 Å². The van der Waals surface area contributed by atoms with Crippen molar-refractivity contribution in [3.8, 4) is 0 Å². The van der Waals surface area contributed by atoms with E-state index in [4.69, 9.17) is 23.2 Å². The number of sulfonamides is 1. The standard InChI is InChI=1S/C20H15Cl2FN2O3S/c1-12-5-6-13(23)11-16(12)20(26)24-14-7-9-15(10-8-14)25-29(27,28)19-17(21)3-2-4-18(19)22/h2-11,25H,1H3,(H,24,26). The molecule has 0 fully saturated rings. The smallest absolute Gasteiger partial charge is 0.264 e. The fourth-order valence-corrected chi connectivity index (χ4v) is 4.81. The van der Waals surface area contributed by atoms with Gasteiger partial charge < -0.3 is 5.32 Å². The maximum Gasteiger partial charge on any atom is 0.264 e. The minimum absolute atomic E-state index is 0.000605. The number of anilines is 2. The zero-order valence-corrected chi connectivity index (χ0v) is 17.4. The van der Waals surface area contributed by atoms with Crippen LogP contribution in [-0.2, 0) is 10.0 Å². The fourth-order valence-electron chi connectivity index (χ4n) is 2.60. The molecule has 3 aromatic carbocycles. The quantitative estimate of drug-likeness (QED) is 0.536. The van der Waals surface area contributed by atoms with Crippen LogP contribution in [0, 0.1) is 12.7 Å². The second-order valence-electron chi connectivity index (χ2n) is 6.15. The highest BCUT2D eigenvalue weighted by Gasteiger charge is 2.21. The Morgan fingerprint density at radius 3 is 2.14 bits per heavy atom. The molecule has 0 aliphatic heterocycles. The summed E-state index contributed by atoms with van der Waals surface area (Å²) in [6.07, 6.45) is 0. The third kappa shape index (κ3) is 4.87. The molecule has 29 heavy (non-hydrogen) atoms. The minimum atomic E-state index is -4.01. The van der Waals surface area contributed by atoms with Crippen LogP contribution in [0.25, 0.3) is 0 Å². The van der Waals surface area contributed by atoms with Gasteiger partial charge in [0.25, 0.3) is 15.9 Å². The molecular formula is C20H15Cl2FN2O3S. The summed E-state index contributed by atoms with van der Waals surface area (Å²) in [5, 5.41) is 2.64. The predicted octanol–water partition coefficient (Wildman–Crippen LogP) is 5.49. The van der Waals surface area contributed by atoms with E-state index in [-0.39, 0.29) is 26.2 Å². The Labute approximate surface area is 177 Å². The van der Waals surface area contributed by atoms with Crippen molar-refractivity contribution in [1.29, 1.82) is 0 Å². The number of rotatable bonds is 5.